The highest BCUT2D eigenvalue weighted by Gasteiger charge is 2.16. The molecule has 0 radical (unpaired) electrons. The van der Waals surface area contributed by atoms with Gasteiger partial charge in [0, 0.05) is 32.7 Å². The van der Waals surface area contributed by atoms with E-state index in [2.05, 4.69) is 63.1 Å². The second-order valence-corrected chi connectivity index (χ2v) is 8.14. The Hall–Kier alpha value is -3.06. The number of nitrogens with one attached hydrogen (secondary N) is 1. The molecule has 0 saturated carbocycles. The van der Waals surface area contributed by atoms with Crippen LogP contribution in [0.15, 0.2) is 46.0 Å². The molecular weight excluding hydrogens is 458 g/mol. The van der Waals surface area contributed by atoms with Gasteiger partial charge in [0.1, 0.15) is 0 Å². The van der Waals surface area contributed by atoms with Crippen molar-refractivity contribution >= 4 is 28.1 Å². The molecule has 31 heavy (non-hydrogen) atoms. The van der Waals surface area contributed by atoms with Crippen LogP contribution in [0, 0.1) is 27.7 Å². The number of halogens is 1. The van der Waals surface area contributed by atoms with Gasteiger partial charge in [-0.05, 0) is 85.1 Å². The molecule has 0 aliphatic carbocycles. The van der Waals surface area contributed by atoms with Gasteiger partial charge in [-0.1, -0.05) is 6.07 Å². The van der Waals surface area contributed by atoms with E-state index in [1.54, 1.807) is 31.5 Å². The first-order valence-corrected chi connectivity index (χ1v) is 10.6. The Morgan fingerprint density at radius 1 is 0.968 bits per heavy atom. The number of carbonyl (C=O) groups is 1. The van der Waals surface area contributed by atoms with Crippen molar-refractivity contribution in [2.45, 2.75) is 27.7 Å². The summed E-state index contributed by atoms with van der Waals surface area (Å²) in [5.74, 6) is 0.709. The molecule has 2 aromatic carbocycles. The Balaban J connectivity index is 1.86. The van der Waals surface area contributed by atoms with E-state index in [-0.39, 0.29) is 5.91 Å². The summed E-state index contributed by atoms with van der Waals surface area (Å²) in [6.07, 6.45) is 1.66. The molecule has 3 rings (SSSR count). The number of hydrazone groups is 1. The maximum Gasteiger partial charge on any atom is 0.271 e. The van der Waals surface area contributed by atoms with Gasteiger partial charge in [-0.3, -0.25) is 4.79 Å². The lowest BCUT2D eigenvalue weighted by molar-refractivity contribution is 0.0954. The van der Waals surface area contributed by atoms with Crippen molar-refractivity contribution in [1.29, 1.82) is 0 Å². The first-order valence-electron chi connectivity index (χ1n) is 9.78. The number of aryl methyl sites for hydroxylation is 2. The molecular formula is C24H26BrN3O3. The average Bonchev–Trinajstić information content (AvgIpc) is 2.95. The zero-order valence-electron chi connectivity index (χ0n) is 18.5. The van der Waals surface area contributed by atoms with E-state index in [0.717, 1.165) is 27.1 Å². The molecule has 0 aliphatic rings. The lowest BCUT2D eigenvalue weighted by atomic mass is 10.1. The van der Waals surface area contributed by atoms with Crippen molar-refractivity contribution in [1.82, 2.24) is 9.99 Å². The summed E-state index contributed by atoms with van der Waals surface area (Å²) in [6, 6.07) is 11.4. The molecule has 0 aliphatic heterocycles. The molecule has 1 aromatic heterocycles. The van der Waals surface area contributed by atoms with Gasteiger partial charge in [-0.15, -0.1) is 0 Å². The summed E-state index contributed by atoms with van der Waals surface area (Å²) in [6.45, 7) is 8.26. The van der Waals surface area contributed by atoms with E-state index in [0.29, 0.717) is 17.1 Å². The van der Waals surface area contributed by atoms with E-state index >= 15 is 0 Å². The summed E-state index contributed by atoms with van der Waals surface area (Å²) in [4.78, 5) is 12.5. The van der Waals surface area contributed by atoms with Gasteiger partial charge in [0.2, 0.25) is 0 Å². The maximum absolute atomic E-state index is 12.5. The fraction of sp³-hybridized carbons (Fsp3) is 0.250. The van der Waals surface area contributed by atoms with Gasteiger partial charge >= 0.3 is 0 Å². The van der Waals surface area contributed by atoms with Crippen LogP contribution in [0.5, 0.6) is 11.5 Å². The normalized spacial score (nSPS) is 11.1. The Morgan fingerprint density at radius 2 is 1.61 bits per heavy atom. The van der Waals surface area contributed by atoms with Crippen molar-refractivity contribution < 1.29 is 14.3 Å². The van der Waals surface area contributed by atoms with Crippen LogP contribution in [0.1, 0.15) is 38.4 Å². The molecule has 6 nitrogen and oxygen atoms in total. The lowest BCUT2D eigenvalue weighted by Gasteiger charge is -2.11. The Kier molecular flexibility index (Phi) is 6.85. The van der Waals surface area contributed by atoms with Crippen LogP contribution in [-0.4, -0.2) is 30.9 Å². The summed E-state index contributed by atoms with van der Waals surface area (Å²) >= 11 is 3.68. The summed E-state index contributed by atoms with van der Waals surface area (Å²) in [5, 5.41) is 4.18. The number of amides is 1. The van der Waals surface area contributed by atoms with Gasteiger partial charge in [-0.25, -0.2) is 5.43 Å². The summed E-state index contributed by atoms with van der Waals surface area (Å²) < 4.78 is 13.6. The number of carbonyl (C=O) groups excluding carboxylic acids is 1. The van der Waals surface area contributed by atoms with E-state index in [4.69, 9.17) is 9.47 Å². The Labute approximate surface area is 191 Å². The maximum atomic E-state index is 12.5. The number of methoxy groups -OCH3 is 2. The van der Waals surface area contributed by atoms with Crippen molar-refractivity contribution in [3.63, 3.8) is 0 Å². The van der Waals surface area contributed by atoms with Gasteiger partial charge in [0.25, 0.3) is 5.91 Å². The minimum absolute atomic E-state index is 0.337. The van der Waals surface area contributed by atoms with Gasteiger partial charge in [0.05, 0.1) is 20.4 Å². The highest BCUT2D eigenvalue weighted by atomic mass is 79.9. The molecule has 7 heteroatoms. The quantitative estimate of drug-likeness (QED) is 0.384. The first kappa shape index (κ1) is 22.6. The highest BCUT2D eigenvalue weighted by molar-refractivity contribution is 9.10. The second-order valence-electron chi connectivity index (χ2n) is 7.35. The standard InChI is InChI=1S/C24H26BrN3O3/c1-14-9-15(2)11-19(10-14)28-16(3)20(23(25)17(28)4)13-26-27-24(29)18-7-8-21(30-5)22(12-18)31-6/h7-13H,1-6H3,(H,27,29)/b26-13-. The molecule has 1 amide bonds. The number of hydrogen-bond donors (Lipinski definition) is 1. The third-order valence-corrected chi connectivity index (χ3v) is 6.09. The van der Waals surface area contributed by atoms with E-state index in [9.17, 15) is 4.79 Å². The predicted molar refractivity (Wildman–Crippen MR) is 127 cm³/mol. The number of ether oxygens (including phenoxy) is 2. The SMILES string of the molecule is COc1ccc(C(=O)N/N=C\c2c(Br)c(C)n(-c3cc(C)cc(C)c3)c2C)cc1OC. The predicted octanol–water partition coefficient (Wildman–Crippen LogP) is 5.25. The van der Waals surface area contributed by atoms with E-state index in [1.807, 2.05) is 13.8 Å². The number of rotatable bonds is 6. The van der Waals surface area contributed by atoms with Crippen LogP contribution in [0.4, 0.5) is 0 Å². The van der Waals surface area contributed by atoms with E-state index in [1.165, 1.54) is 18.2 Å². The fourth-order valence-corrected chi connectivity index (χ4v) is 4.21. The molecule has 0 atom stereocenters. The minimum atomic E-state index is -0.337. The van der Waals surface area contributed by atoms with Gasteiger partial charge in [-0.2, -0.15) is 5.10 Å². The molecule has 0 unspecified atom stereocenters. The number of nitrogens with zero attached hydrogens (tertiary/aromatic N) is 2. The van der Waals surface area contributed by atoms with Crippen LogP contribution in [-0.2, 0) is 0 Å². The number of aromatic nitrogens is 1. The molecule has 1 heterocycles. The molecule has 0 fully saturated rings. The fourth-order valence-electron chi connectivity index (χ4n) is 3.64. The largest absolute Gasteiger partial charge is 0.493 e. The minimum Gasteiger partial charge on any atom is -0.493 e. The van der Waals surface area contributed by atoms with Crippen LogP contribution < -0.4 is 14.9 Å². The average molecular weight is 484 g/mol. The van der Waals surface area contributed by atoms with E-state index < -0.39 is 0 Å². The highest BCUT2D eigenvalue weighted by Crippen LogP contribution is 2.30. The molecule has 3 aromatic rings. The molecule has 0 spiro atoms. The zero-order chi connectivity index (χ0) is 22.7. The van der Waals surface area contributed by atoms with Crippen LogP contribution in [0.2, 0.25) is 0 Å². The van der Waals surface area contributed by atoms with Gasteiger partial charge < -0.3 is 14.0 Å². The summed E-state index contributed by atoms with van der Waals surface area (Å²) in [5.41, 5.74) is 9.51. The smallest absolute Gasteiger partial charge is 0.271 e. The number of hydrogen-bond acceptors (Lipinski definition) is 4. The lowest BCUT2D eigenvalue weighted by Crippen LogP contribution is -2.17. The monoisotopic (exact) mass is 483 g/mol. The van der Waals surface area contributed by atoms with Crippen LogP contribution >= 0.6 is 15.9 Å². The van der Waals surface area contributed by atoms with Crippen molar-refractivity contribution in [2.24, 2.45) is 5.10 Å². The van der Waals surface area contributed by atoms with Crippen molar-refractivity contribution in [2.75, 3.05) is 14.2 Å². The van der Waals surface area contributed by atoms with Crippen molar-refractivity contribution in [3.05, 3.63) is 74.5 Å². The Morgan fingerprint density at radius 3 is 2.23 bits per heavy atom. The molecule has 0 saturated heterocycles. The molecule has 162 valence electrons. The first-order chi connectivity index (χ1) is 14.8. The summed E-state index contributed by atoms with van der Waals surface area (Å²) in [7, 11) is 3.08. The van der Waals surface area contributed by atoms with Crippen LogP contribution in [0.25, 0.3) is 5.69 Å². The third kappa shape index (κ3) is 4.66. The molecule has 0 bridgehead atoms. The number of benzene rings is 2. The second kappa shape index (κ2) is 9.39. The van der Waals surface area contributed by atoms with Gasteiger partial charge in [0.15, 0.2) is 11.5 Å². The van der Waals surface area contributed by atoms with Crippen molar-refractivity contribution in [3.8, 4) is 17.2 Å². The molecule has 1 N–H and O–H groups in total. The zero-order valence-corrected chi connectivity index (χ0v) is 20.1. The van der Waals surface area contributed by atoms with Crippen LogP contribution in [0.3, 0.4) is 0 Å². The third-order valence-electron chi connectivity index (χ3n) is 5.08. The topological polar surface area (TPSA) is 64.8 Å². The Bertz CT molecular complexity index is 1150.